The van der Waals surface area contributed by atoms with Gasteiger partial charge in [0.25, 0.3) is 0 Å². The standard InChI is InChI=1S/C17H19BrN2/c18-15-3-1-14-10-16(4-2-13(14)9-15)19-17-11-20-7-5-12(17)6-8-20/h1-4,9-10,12,17,19H,5-8,11H2. The molecule has 2 nitrogen and oxygen atoms in total. The van der Waals surface area contributed by atoms with Gasteiger partial charge in [-0.25, -0.2) is 0 Å². The zero-order chi connectivity index (χ0) is 13.5. The molecule has 3 heterocycles. The van der Waals surface area contributed by atoms with Crippen molar-refractivity contribution >= 4 is 32.4 Å². The van der Waals surface area contributed by atoms with Crippen molar-refractivity contribution in [1.82, 2.24) is 4.90 Å². The normalized spacial score (nSPS) is 28.8. The first-order valence-electron chi connectivity index (χ1n) is 7.46. The van der Waals surface area contributed by atoms with Crippen molar-refractivity contribution in [2.24, 2.45) is 5.92 Å². The van der Waals surface area contributed by atoms with Gasteiger partial charge in [0.15, 0.2) is 0 Å². The Labute approximate surface area is 128 Å². The Bertz CT molecular complexity index is 632. The van der Waals surface area contributed by atoms with Crippen LogP contribution in [0.5, 0.6) is 0 Å². The zero-order valence-corrected chi connectivity index (χ0v) is 13.1. The quantitative estimate of drug-likeness (QED) is 0.891. The molecule has 0 spiro atoms. The number of nitrogens with zero attached hydrogens (tertiary/aromatic N) is 1. The summed E-state index contributed by atoms with van der Waals surface area (Å²) in [5, 5.41) is 6.36. The number of nitrogens with one attached hydrogen (secondary N) is 1. The third-order valence-electron chi connectivity index (χ3n) is 4.81. The highest BCUT2D eigenvalue weighted by Gasteiger charge is 2.33. The minimum absolute atomic E-state index is 0.630. The van der Waals surface area contributed by atoms with Crippen LogP contribution < -0.4 is 5.32 Å². The molecular formula is C17H19BrN2. The van der Waals surface area contributed by atoms with E-state index in [0.29, 0.717) is 6.04 Å². The van der Waals surface area contributed by atoms with E-state index in [9.17, 15) is 0 Å². The highest BCUT2D eigenvalue weighted by molar-refractivity contribution is 9.10. The summed E-state index contributed by atoms with van der Waals surface area (Å²) in [4.78, 5) is 2.59. The maximum Gasteiger partial charge on any atom is 0.0417 e. The predicted octanol–water partition coefficient (Wildman–Crippen LogP) is 4.11. The fourth-order valence-electron chi connectivity index (χ4n) is 3.65. The summed E-state index contributed by atoms with van der Waals surface area (Å²) in [5.41, 5.74) is 1.26. The summed E-state index contributed by atoms with van der Waals surface area (Å²) in [5.74, 6) is 0.862. The van der Waals surface area contributed by atoms with Crippen molar-refractivity contribution in [2.75, 3.05) is 25.0 Å². The van der Waals surface area contributed by atoms with Crippen LogP contribution in [-0.2, 0) is 0 Å². The van der Waals surface area contributed by atoms with Crippen LogP contribution in [0.4, 0.5) is 5.69 Å². The Kier molecular flexibility index (Phi) is 3.20. The van der Waals surface area contributed by atoms with Gasteiger partial charge < -0.3 is 10.2 Å². The molecule has 3 aliphatic heterocycles. The van der Waals surface area contributed by atoms with Crippen LogP contribution in [0.3, 0.4) is 0 Å². The fourth-order valence-corrected chi connectivity index (χ4v) is 4.03. The van der Waals surface area contributed by atoms with Crippen LogP contribution in [0.1, 0.15) is 12.8 Å². The predicted molar refractivity (Wildman–Crippen MR) is 88.2 cm³/mol. The molecule has 2 aromatic rings. The maximum atomic E-state index is 3.77. The van der Waals surface area contributed by atoms with Gasteiger partial charge >= 0.3 is 0 Å². The third kappa shape index (κ3) is 2.33. The number of hydrogen-bond acceptors (Lipinski definition) is 2. The van der Waals surface area contributed by atoms with Gasteiger partial charge in [0.05, 0.1) is 0 Å². The van der Waals surface area contributed by atoms with E-state index in [-0.39, 0.29) is 0 Å². The van der Waals surface area contributed by atoms with E-state index in [4.69, 9.17) is 0 Å². The first-order chi connectivity index (χ1) is 9.78. The lowest BCUT2D eigenvalue weighted by atomic mass is 9.84. The highest BCUT2D eigenvalue weighted by atomic mass is 79.9. The van der Waals surface area contributed by atoms with Crippen LogP contribution in [0.2, 0.25) is 0 Å². The average molecular weight is 331 g/mol. The largest absolute Gasteiger partial charge is 0.381 e. The number of piperidine rings is 3. The summed E-state index contributed by atoms with van der Waals surface area (Å²) in [6, 6.07) is 13.8. The molecular weight excluding hydrogens is 312 g/mol. The summed E-state index contributed by atoms with van der Waals surface area (Å²) >= 11 is 3.53. The minimum atomic E-state index is 0.630. The second-order valence-corrected chi connectivity index (χ2v) is 7.01. The molecule has 0 radical (unpaired) electrons. The van der Waals surface area contributed by atoms with Gasteiger partial charge in [-0.2, -0.15) is 0 Å². The van der Waals surface area contributed by atoms with Crippen LogP contribution in [0, 0.1) is 5.92 Å². The zero-order valence-electron chi connectivity index (χ0n) is 11.5. The lowest BCUT2D eigenvalue weighted by Crippen LogP contribution is -2.53. The van der Waals surface area contributed by atoms with Gasteiger partial charge in [0.1, 0.15) is 0 Å². The summed E-state index contributed by atoms with van der Waals surface area (Å²) < 4.78 is 1.14. The Morgan fingerprint density at radius 3 is 2.50 bits per heavy atom. The molecule has 0 aliphatic carbocycles. The molecule has 20 heavy (non-hydrogen) atoms. The van der Waals surface area contributed by atoms with Crippen molar-refractivity contribution in [1.29, 1.82) is 0 Å². The number of rotatable bonds is 2. The second kappa shape index (κ2) is 5.05. The molecule has 0 saturated carbocycles. The van der Waals surface area contributed by atoms with Crippen LogP contribution in [0.15, 0.2) is 40.9 Å². The van der Waals surface area contributed by atoms with Crippen molar-refractivity contribution in [3.63, 3.8) is 0 Å². The van der Waals surface area contributed by atoms with Crippen molar-refractivity contribution in [2.45, 2.75) is 18.9 Å². The Morgan fingerprint density at radius 1 is 1.00 bits per heavy atom. The Balaban J connectivity index is 1.58. The van der Waals surface area contributed by atoms with E-state index in [2.05, 4.69) is 62.5 Å². The second-order valence-electron chi connectivity index (χ2n) is 6.10. The maximum absolute atomic E-state index is 3.77. The van der Waals surface area contributed by atoms with Gasteiger partial charge in [-0.15, -0.1) is 0 Å². The summed E-state index contributed by atoms with van der Waals surface area (Å²) in [7, 11) is 0. The third-order valence-corrected chi connectivity index (χ3v) is 5.30. The van der Waals surface area contributed by atoms with E-state index in [1.807, 2.05) is 0 Å². The number of anilines is 1. The Morgan fingerprint density at radius 2 is 1.75 bits per heavy atom. The molecule has 0 amide bonds. The highest BCUT2D eigenvalue weighted by Crippen LogP contribution is 2.30. The summed E-state index contributed by atoms with van der Waals surface area (Å²) in [6.07, 6.45) is 2.72. The lowest BCUT2D eigenvalue weighted by molar-refractivity contribution is 0.0975. The van der Waals surface area contributed by atoms with Crippen LogP contribution >= 0.6 is 15.9 Å². The van der Waals surface area contributed by atoms with E-state index in [1.54, 1.807) is 0 Å². The number of halogens is 1. The molecule has 5 rings (SSSR count). The van der Waals surface area contributed by atoms with Gasteiger partial charge in [-0.05, 0) is 66.9 Å². The van der Waals surface area contributed by atoms with Gasteiger partial charge in [0.2, 0.25) is 0 Å². The molecule has 3 saturated heterocycles. The first-order valence-corrected chi connectivity index (χ1v) is 8.25. The SMILES string of the molecule is Brc1ccc2cc(NC3CN4CCC3CC4)ccc2c1. The molecule has 1 atom stereocenters. The molecule has 104 valence electrons. The van der Waals surface area contributed by atoms with Crippen LogP contribution in [0.25, 0.3) is 10.8 Å². The first kappa shape index (κ1) is 12.7. The molecule has 3 fully saturated rings. The van der Waals surface area contributed by atoms with E-state index in [1.165, 1.54) is 48.9 Å². The smallest absolute Gasteiger partial charge is 0.0417 e. The molecule has 2 bridgehead atoms. The van der Waals surface area contributed by atoms with E-state index >= 15 is 0 Å². The van der Waals surface area contributed by atoms with Crippen molar-refractivity contribution in [3.05, 3.63) is 40.9 Å². The fraction of sp³-hybridized carbons (Fsp3) is 0.412. The Hall–Kier alpha value is -1.06. The van der Waals surface area contributed by atoms with Crippen LogP contribution in [-0.4, -0.2) is 30.6 Å². The van der Waals surface area contributed by atoms with E-state index in [0.717, 1.165) is 10.4 Å². The average Bonchev–Trinajstić information content (AvgIpc) is 2.49. The monoisotopic (exact) mass is 330 g/mol. The summed E-state index contributed by atoms with van der Waals surface area (Å²) in [6.45, 7) is 3.81. The van der Waals surface area contributed by atoms with Gasteiger partial charge in [-0.1, -0.05) is 28.1 Å². The lowest BCUT2D eigenvalue weighted by Gasteiger charge is -2.45. The van der Waals surface area contributed by atoms with Gasteiger partial charge in [0, 0.05) is 22.7 Å². The molecule has 1 unspecified atom stereocenters. The minimum Gasteiger partial charge on any atom is -0.381 e. The molecule has 3 heteroatoms. The topological polar surface area (TPSA) is 15.3 Å². The number of fused-ring (bicyclic) bond motifs is 4. The molecule has 3 aliphatic rings. The number of hydrogen-bond donors (Lipinski definition) is 1. The van der Waals surface area contributed by atoms with E-state index < -0.39 is 0 Å². The van der Waals surface area contributed by atoms with Crippen molar-refractivity contribution < 1.29 is 0 Å². The van der Waals surface area contributed by atoms with Crippen molar-refractivity contribution in [3.8, 4) is 0 Å². The van der Waals surface area contributed by atoms with Gasteiger partial charge in [-0.3, -0.25) is 0 Å². The molecule has 0 aromatic heterocycles. The number of benzene rings is 2. The molecule has 2 aromatic carbocycles. The molecule has 1 N–H and O–H groups in total.